The van der Waals surface area contributed by atoms with Crippen LogP contribution < -0.4 is 10.1 Å². The summed E-state index contributed by atoms with van der Waals surface area (Å²) in [4.78, 5) is 37.8. The Bertz CT molecular complexity index is 1240. The monoisotopic (exact) mass is 474 g/mol. The highest BCUT2D eigenvalue weighted by molar-refractivity contribution is 7.16. The summed E-state index contributed by atoms with van der Waals surface area (Å²) < 4.78 is 10.4. The Balaban J connectivity index is 1.24. The number of fused-ring (bicyclic) bond motifs is 1. The Kier molecular flexibility index (Phi) is 7.35. The fourth-order valence-corrected chi connectivity index (χ4v) is 4.98. The van der Waals surface area contributed by atoms with Gasteiger partial charge in [0.05, 0.1) is 5.56 Å². The molecule has 3 aromatic rings. The summed E-state index contributed by atoms with van der Waals surface area (Å²) >= 11 is 1.41. The Morgan fingerprint density at radius 3 is 2.38 bits per heavy atom. The predicted molar refractivity (Wildman–Crippen MR) is 127 cm³/mol. The lowest BCUT2D eigenvalue weighted by atomic mass is 9.96. The number of thiophene rings is 1. The minimum atomic E-state index is -0.703. The van der Waals surface area contributed by atoms with Gasteiger partial charge in [-0.25, -0.2) is 4.79 Å². The van der Waals surface area contributed by atoms with Crippen LogP contribution in [0.4, 0.5) is 5.00 Å². The number of carbonyl (C=O) groups is 3. The van der Waals surface area contributed by atoms with Crippen LogP contribution in [0.3, 0.4) is 0 Å². The molecule has 0 spiro atoms. The van der Waals surface area contributed by atoms with Crippen molar-refractivity contribution in [3.05, 3.63) is 81.7 Å². The van der Waals surface area contributed by atoms with E-state index in [0.29, 0.717) is 27.4 Å². The third-order valence-electron chi connectivity index (χ3n) is 5.41. The van der Waals surface area contributed by atoms with Crippen molar-refractivity contribution in [2.45, 2.75) is 25.7 Å². The summed E-state index contributed by atoms with van der Waals surface area (Å²) in [6, 6.07) is 17.5. The van der Waals surface area contributed by atoms with Crippen molar-refractivity contribution in [1.29, 1.82) is 5.26 Å². The summed E-state index contributed by atoms with van der Waals surface area (Å²) in [5.74, 6) is -0.921. The van der Waals surface area contributed by atoms with Gasteiger partial charge in [-0.2, -0.15) is 5.26 Å². The number of nitriles is 1. The Morgan fingerprint density at radius 2 is 1.65 bits per heavy atom. The summed E-state index contributed by atoms with van der Waals surface area (Å²) in [5, 5.41) is 12.7. The van der Waals surface area contributed by atoms with Crippen molar-refractivity contribution in [1.82, 2.24) is 0 Å². The Morgan fingerprint density at radius 1 is 0.941 bits per heavy atom. The number of anilines is 1. The first-order chi connectivity index (χ1) is 16.5. The van der Waals surface area contributed by atoms with Crippen molar-refractivity contribution < 1.29 is 23.9 Å². The molecule has 8 heteroatoms. The number of benzene rings is 2. The van der Waals surface area contributed by atoms with E-state index in [1.54, 1.807) is 48.5 Å². The van der Waals surface area contributed by atoms with Crippen LogP contribution in [0.5, 0.6) is 5.75 Å². The average Bonchev–Trinajstić information content (AvgIpc) is 3.23. The molecule has 1 aliphatic rings. The topological polar surface area (TPSA) is 105 Å². The molecule has 1 aliphatic carbocycles. The molecular weight excluding hydrogens is 452 g/mol. The van der Waals surface area contributed by atoms with E-state index in [1.165, 1.54) is 11.3 Å². The van der Waals surface area contributed by atoms with Crippen LogP contribution in [0.25, 0.3) is 0 Å². The van der Waals surface area contributed by atoms with Gasteiger partial charge in [-0.3, -0.25) is 9.59 Å². The molecule has 1 amide bonds. The molecule has 1 aromatic heterocycles. The third kappa shape index (κ3) is 5.50. The predicted octanol–water partition coefficient (Wildman–Crippen LogP) is 4.29. The highest BCUT2D eigenvalue weighted by Crippen LogP contribution is 2.37. The van der Waals surface area contributed by atoms with Crippen LogP contribution in [-0.2, 0) is 27.2 Å². The quantitative estimate of drug-likeness (QED) is 0.386. The van der Waals surface area contributed by atoms with E-state index < -0.39 is 18.5 Å². The van der Waals surface area contributed by atoms with Crippen molar-refractivity contribution in [2.75, 3.05) is 18.5 Å². The number of hydrogen-bond acceptors (Lipinski definition) is 7. The molecule has 34 heavy (non-hydrogen) atoms. The maximum absolute atomic E-state index is 12.4. The minimum Gasteiger partial charge on any atom is -0.482 e. The van der Waals surface area contributed by atoms with Crippen LogP contribution in [-0.4, -0.2) is 30.9 Å². The zero-order chi connectivity index (χ0) is 23.9. The maximum Gasteiger partial charge on any atom is 0.344 e. The van der Waals surface area contributed by atoms with Crippen LogP contribution >= 0.6 is 11.3 Å². The zero-order valence-electron chi connectivity index (χ0n) is 18.3. The summed E-state index contributed by atoms with van der Waals surface area (Å²) in [6.07, 6.45) is 3.88. The lowest BCUT2D eigenvalue weighted by Gasteiger charge is -2.09. The average molecular weight is 475 g/mol. The standard InChI is InChI=1S/C26H22N2O5S/c27-14-21-20-8-4-5-9-22(20)34-26(21)28-23(29)15-33-24(30)16-32-19-12-10-18(11-13-19)25(31)17-6-2-1-3-7-17/h1-3,6-7,10-13H,4-5,8-9,15-16H2,(H,28,29). The number of nitrogens with one attached hydrogen (secondary N) is 1. The summed E-state index contributed by atoms with van der Waals surface area (Å²) in [5.41, 5.74) is 2.63. The fraction of sp³-hybridized carbons (Fsp3) is 0.231. The summed E-state index contributed by atoms with van der Waals surface area (Å²) in [7, 11) is 0. The van der Waals surface area contributed by atoms with E-state index in [-0.39, 0.29) is 12.4 Å². The second kappa shape index (κ2) is 10.8. The van der Waals surface area contributed by atoms with Gasteiger partial charge >= 0.3 is 5.97 Å². The van der Waals surface area contributed by atoms with Crippen molar-refractivity contribution >= 4 is 34.0 Å². The summed E-state index contributed by atoms with van der Waals surface area (Å²) in [6.45, 7) is -0.851. The largest absolute Gasteiger partial charge is 0.482 e. The first-order valence-electron chi connectivity index (χ1n) is 10.9. The van der Waals surface area contributed by atoms with E-state index >= 15 is 0 Å². The highest BCUT2D eigenvalue weighted by atomic mass is 32.1. The van der Waals surface area contributed by atoms with Gasteiger partial charge in [-0.15, -0.1) is 11.3 Å². The van der Waals surface area contributed by atoms with E-state index in [9.17, 15) is 19.6 Å². The molecule has 0 unspecified atom stereocenters. The number of aryl methyl sites for hydroxylation is 1. The molecule has 0 fully saturated rings. The van der Waals surface area contributed by atoms with E-state index in [4.69, 9.17) is 9.47 Å². The molecule has 0 saturated heterocycles. The molecule has 0 atom stereocenters. The number of hydrogen-bond donors (Lipinski definition) is 1. The molecule has 1 heterocycles. The number of amides is 1. The molecule has 0 aliphatic heterocycles. The van der Waals surface area contributed by atoms with Crippen LogP contribution in [0.2, 0.25) is 0 Å². The molecule has 2 aromatic carbocycles. The minimum absolute atomic E-state index is 0.108. The van der Waals surface area contributed by atoms with Crippen molar-refractivity contribution in [3.8, 4) is 11.8 Å². The Hall–Kier alpha value is -3.96. The molecule has 7 nitrogen and oxygen atoms in total. The smallest absolute Gasteiger partial charge is 0.344 e. The Labute approximate surface area is 200 Å². The number of ether oxygens (including phenoxy) is 2. The van der Waals surface area contributed by atoms with Gasteiger partial charge in [0.1, 0.15) is 16.8 Å². The molecule has 172 valence electrons. The van der Waals surface area contributed by atoms with Crippen LogP contribution in [0.15, 0.2) is 54.6 Å². The fourth-order valence-electron chi connectivity index (χ4n) is 3.72. The zero-order valence-corrected chi connectivity index (χ0v) is 19.2. The van der Waals surface area contributed by atoms with Crippen LogP contribution in [0.1, 0.15) is 44.8 Å². The van der Waals surface area contributed by atoms with Gasteiger partial charge in [0, 0.05) is 16.0 Å². The lowest BCUT2D eigenvalue weighted by molar-refractivity contribution is -0.149. The van der Waals surface area contributed by atoms with E-state index in [2.05, 4.69) is 11.4 Å². The van der Waals surface area contributed by atoms with Crippen molar-refractivity contribution in [3.63, 3.8) is 0 Å². The molecule has 0 bridgehead atoms. The van der Waals surface area contributed by atoms with E-state index in [0.717, 1.165) is 36.1 Å². The number of ketones is 1. The van der Waals surface area contributed by atoms with E-state index in [1.807, 2.05) is 6.07 Å². The lowest BCUT2D eigenvalue weighted by Crippen LogP contribution is -2.23. The third-order valence-corrected chi connectivity index (χ3v) is 6.62. The number of esters is 1. The second-order valence-electron chi connectivity index (χ2n) is 7.74. The van der Waals surface area contributed by atoms with Crippen LogP contribution in [0, 0.1) is 11.3 Å². The van der Waals surface area contributed by atoms with Crippen molar-refractivity contribution in [2.24, 2.45) is 0 Å². The molecule has 4 rings (SSSR count). The van der Waals surface area contributed by atoms with Gasteiger partial charge in [-0.05, 0) is 55.5 Å². The molecule has 1 N–H and O–H groups in total. The number of carbonyl (C=O) groups excluding carboxylic acids is 3. The van der Waals surface area contributed by atoms with Gasteiger partial charge in [0.15, 0.2) is 19.0 Å². The van der Waals surface area contributed by atoms with Gasteiger partial charge < -0.3 is 14.8 Å². The highest BCUT2D eigenvalue weighted by Gasteiger charge is 2.22. The first-order valence-corrected chi connectivity index (χ1v) is 11.7. The SMILES string of the molecule is N#Cc1c(NC(=O)COC(=O)COc2ccc(C(=O)c3ccccc3)cc2)sc2c1CCCC2. The number of rotatable bonds is 8. The molecule has 0 radical (unpaired) electrons. The maximum atomic E-state index is 12.4. The first kappa shape index (κ1) is 23.2. The molecular formula is C26H22N2O5S. The van der Waals surface area contributed by atoms with Gasteiger partial charge in [0.2, 0.25) is 0 Å². The van der Waals surface area contributed by atoms with Gasteiger partial charge in [-0.1, -0.05) is 30.3 Å². The number of nitrogens with zero attached hydrogens (tertiary/aromatic N) is 1. The molecule has 0 saturated carbocycles. The normalized spacial score (nSPS) is 12.2. The second-order valence-corrected chi connectivity index (χ2v) is 8.85. The van der Waals surface area contributed by atoms with Gasteiger partial charge in [0.25, 0.3) is 5.91 Å².